The Morgan fingerprint density at radius 3 is 2.64 bits per heavy atom. The third-order valence-electron chi connectivity index (χ3n) is 3.82. The van der Waals surface area contributed by atoms with Crippen molar-refractivity contribution in [3.8, 4) is 11.5 Å². The summed E-state index contributed by atoms with van der Waals surface area (Å²) < 4.78 is 11.7. The first kappa shape index (κ1) is 19.4. The number of guanidine groups is 1. The fraction of sp³-hybridized carbons (Fsp3) is 0.632. The van der Waals surface area contributed by atoms with Crippen LogP contribution >= 0.6 is 0 Å². The average Bonchev–Trinajstić information content (AvgIpc) is 2.56. The van der Waals surface area contributed by atoms with Crippen LogP contribution in [0.4, 0.5) is 0 Å². The minimum Gasteiger partial charge on any atom is -0.486 e. The van der Waals surface area contributed by atoms with Crippen molar-refractivity contribution in [3.63, 3.8) is 0 Å². The van der Waals surface area contributed by atoms with Gasteiger partial charge in [-0.1, -0.05) is 26.0 Å². The third kappa shape index (κ3) is 6.46. The van der Waals surface area contributed by atoms with Crippen LogP contribution < -0.4 is 20.1 Å². The first-order valence-corrected chi connectivity index (χ1v) is 8.95. The van der Waals surface area contributed by atoms with Gasteiger partial charge in [0.2, 0.25) is 0 Å². The van der Waals surface area contributed by atoms with E-state index in [-0.39, 0.29) is 11.5 Å². The molecule has 1 aliphatic rings. The summed E-state index contributed by atoms with van der Waals surface area (Å²) in [6.45, 7) is 10.3. The van der Waals surface area contributed by atoms with E-state index >= 15 is 0 Å². The van der Waals surface area contributed by atoms with Crippen LogP contribution in [0.2, 0.25) is 0 Å². The van der Waals surface area contributed by atoms with Crippen LogP contribution in [-0.2, 0) is 0 Å². The maximum absolute atomic E-state index is 5.98. The quantitative estimate of drug-likeness (QED) is 0.583. The molecule has 0 amide bonds. The standard InChI is InChI=1S/C19H32N4O2/c1-6-20-18(22-13-19(2,3)14-23(4)5)21-11-15-12-24-16-9-7-8-10-17(16)25-15/h7-10,15H,6,11-14H2,1-5H3,(H2,20,21,22). The molecule has 25 heavy (non-hydrogen) atoms. The molecule has 1 aromatic carbocycles. The zero-order valence-electron chi connectivity index (χ0n) is 16.1. The Bertz CT molecular complexity index is 572. The number of fused-ring (bicyclic) bond motifs is 1. The van der Waals surface area contributed by atoms with Gasteiger partial charge in [-0.05, 0) is 38.6 Å². The van der Waals surface area contributed by atoms with E-state index in [1.807, 2.05) is 24.3 Å². The molecule has 0 spiro atoms. The Hall–Kier alpha value is -1.95. The molecule has 6 heteroatoms. The minimum absolute atomic E-state index is 0.0338. The summed E-state index contributed by atoms with van der Waals surface area (Å²) in [6, 6.07) is 7.77. The fourth-order valence-electron chi connectivity index (χ4n) is 2.92. The van der Waals surface area contributed by atoms with Gasteiger partial charge in [-0.25, -0.2) is 0 Å². The summed E-state index contributed by atoms with van der Waals surface area (Å²) >= 11 is 0. The van der Waals surface area contributed by atoms with Crippen molar-refractivity contribution in [1.29, 1.82) is 0 Å². The van der Waals surface area contributed by atoms with Gasteiger partial charge in [0.25, 0.3) is 0 Å². The Balaban J connectivity index is 1.88. The van der Waals surface area contributed by atoms with E-state index in [2.05, 4.69) is 50.4 Å². The van der Waals surface area contributed by atoms with Gasteiger partial charge in [0.1, 0.15) is 12.7 Å². The summed E-state index contributed by atoms with van der Waals surface area (Å²) in [7, 11) is 4.18. The van der Waals surface area contributed by atoms with Crippen molar-refractivity contribution in [1.82, 2.24) is 15.5 Å². The van der Waals surface area contributed by atoms with Crippen LogP contribution in [0.5, 0.6) is 11.5 Å². The van der Waals surface area contributed by atoms with E-state index in [0.717, 1.165) is 37.1 Å². The summed E-state index contributed by atoms with van der Waals surface area (Å²) in [6.07, 6.45) is -0.0338. The minimum atomic E-state index is -0.0338. The molecule has 2 N–H and O–H groups in total. The highest BCUT2D eigenvalue weighted by molar-refractivity contribution is 5.79. The van der Waals surface area contributed by atoms with Crippen molar-refractivity contribution < 1.29 is 9.47 Å². The Kier molecular flexibility index (Phi) is 6.93. The number of nitrogens with zero attached hydrogens (tertiary/aromatic N) is 2. The molecule has 0 saturated carbocycles. The molecule has 1 unspecified atom stereocenters. The highest BCUT2D eigenvalue weighted by Crippen LogP contribution is 2.30. The molecule has 1 aromatic rings. The smallest absolute Gasteiger partial charge is 0.191 e. The predicted molar refractivity (Wildman–Crippen MR) is 103 cm³/mol. The van der Waals surface area contributed by atoms with Crippen molar-refractivity contribution in [2.45, 2.75) is 26.9 Å². The number of nitrogens with one attached hydrogen (secondary N) is 2. The highest BCUT2D eigenvalue weighted by Gasteiger charge is 2.21. The summed E-state index contributed by atoms with van der Waals surface area (Å²) in [5.74, 6) is 2.43. The Labute approximate surface area is 151 Å². The van der Waals surface area contributed by atoms with Gasteiger partial charge >= 0.3 is 0 Å². The van der Waals surface area contributed by atoms with Crippen LogP contribution in [0.1, 0.15) is 20.8 Å². The Morgan fingerprint density at radius 1 is 1.24 bits per heavy atom. The summed E-state index contributed by atoms with van der Waals surface area (Å²) in [4.78, 5) is 6.93. The lowest BCUT2D eigenvalue weighted by Crippen LogP contribution is -2.46. The van der Waals surface area contributed by atoms with E-state index < -0.39 is 0 Å². The van der Waals surface area contributed by atoms with Crippen LogP contribution in [0, 0.1) is 5.41 Å². The molecule has 6 nitrogen and oxygen atoms in total. The zero-order chi connectivity index (χ0) is 18.3. The van der Waals surface area contributed by atoms with E-state index in [0.29, 0.717) is 13.2 Å². The molecule has 0 fully saturated rings. The molecule has 0 saturated heterocycles. The summed E-state index contributed by atoms with van der Waals surface area (Å²) in [5.41, 5.74) is 0.120. The van der Waals surface area contributed by atoms with Crippen LogP contribution in [0.15, 0.2) is 29.3 Å². The second-order valence-corrected chi connectivity index (χ2v) is 7.48. The van der Waals surface area contributed by atoms with Gasteiger partial charge in [-0.15, -0.1) is 0 Å². The lowest BCUT2D eigenvalue weighted by molar-refractivity contribution is 0.0936. The molecule has 2 rings (SSSR count). The van der Waals surface area contributed by atoms with Crippen LogP contribution in [0.3, 0.4) is 0 Å². The van der Waals surface area contributed by atoms with Crippen LogP contribution in [-0.4, -0.2) is 63.8 Å². The number of hydrogen-bond acceptors (Lipinski definition) is 4. The Morgan fingerprint density at radius 2 is 1.96 bits per heavy atom. The lowest BCUT2D eigenvalue weighted by Gasteiger charge is -2.28. The first-order chi connectivity index (χ1) is 11.9. The van der Waals surface area contributed by atoms with E-state index in [9.17, 15) is 0 Å². The van der Waals surface area contributed by atoms with Gasteiger partial charge in [0, 0.05) is 19.6 Å². The number of hydrogen-bond donors (Lipinski definition) is 2. The SMILES string of the molecule is CCNC(=NCC(C)(C)CN(C)C)NCC1COc2ccccc2O1. The molecule has 140 valence electrons. The molecule has 1 aliphatic heterocycles. The predicted octanol–water partition coefficient (Wildman–Crippen LogP) is 1.97. The number of benzene rings is 1. The topological polar surface area (TPSA) is 58.1 Å². The molecule has 0 aliphatic carbocycles. The van der Waals surface area contributed by atoms with Gasteiger partial charge in [-0.3, -0.25) is 4.99 Å². The molecule has 1 atom stereocenters. The number of aliphatic imine (C=N–C) groups is 1. The number of rotatable bonds is 7. The third-order valence-corrected chi connectivity index (χ3v) is 3.82. The van der Waals surface area contributed by atoms with Crippen molar-refractivity contribution in [2.24, 2.45) is 10.4 Å². The van der Waals surface area contributed by atoms with E-state index in [1.165, 1.54) is 0 Å². The van der Waals surface area contributed by atoms with Crippen molar-refractivity contribution in [3.05, 3.63) is 24.3 Å². The fourth-order valence-corrected chi connectivity index (χ4v) is 2.92. The molecule has 0 bridgehead atoms. The van der Waals surface area contributed by atoms with Crippen LogP contribution in [0.25, 0.3) is 0 Å². The van der Waals surface area contributed by atoms with Gasteiger partial charge in [-0.2, -0.15) is 0 Å². The maximum atomic E-state index is 5.98. The number of para-hydroxylation sites is 2. The molecule has 0 aromatic heterocycles. The maximum Gasteiger partial charge on any atom is 0.191 e. The van der Waals surface area contributed by atoms with E-state index in [1.54, 1.807) is 0 Å². The highest BCUT2D eigenvalue weighted by atomic mass is 16.6. The molecule has 0 radical (unpaired) electrons. The zero-order valence-corrected chi connectivity index (χ0v) is 16.1. The van der Waals surface area contributed by atoms with Crippen molar-refractivity contribution >= 4 is 5.96 Å². The van der Waals surface area contributed by atoms with E-state index in [4.69, 9.17) is 14.5 Å². The molecule has 1 heterocycles. The second-order valence-electron chi connectivity index (χ2n) is 7.48. The normalized spacial score (nSPS) is 17.5. The summed E-state index contributed by atoms with van der Waals surface area (Å²) in [5, 5.41) is 6.66. The lowest BCUT2D eigenvalue weighted by atomic mass is 9.93. The molecular weight excluding hydrogens is 316 g/mol. The van der Waals surface area contributed by atoms with Gasteiger partial charge < -0.3 is 25.0 Å². The number of ether oxygens (including phenoxy) is 2. The van der Waals surface area contributed by atoms with Gasteiger partial charge in [0.15, 0.2) is 17.5 Å². The largest absolute Gasteiger partial charge is 0.486 e. The van der Waals surface area contributed by atoms with Crippen molar-refractivity contribution in [2.75, 3.05) is 46.9 Å². The molecular formula is C19H32N4O2. The average molecular weight is 348 g/mol. The van der Waals surface area contributed by atoms with Gasteiger partial charge in [0.05, 0.1) is 6.54 Å². The monoisotopic (exact) mass is 348 g/mol. The first-order valence-electron chi connectivity index (χ1n) is 8.95. The second kappa shape index (κ2) is 8.94.